The van der Waals surface area contributed by atoms with E-state index < -0.39 is 11.9 Å². The first kappa shape index (κ1) is 33.0. The van der Waals surface area contributed by atoms with E-state index in [4.69, 9.17) is 11.5 Å². The number of nitrogen functional groups attached to an aromatic ring is 2. The van der Waals surface area contributed by atoms with Crippen molar-refractivity contribution < 1.29 is 19.8 Å². The molecule has 0 spiro atoms. The number of aromatic nitrogens is 10. The second-order valence-electron chi connectivity index (χ2n) is 10.7. The maximum absolute atomic E-state index is 11.6. The van der Waals surface area contributed by atoms with E-state index in [9.17, 15) is 19.8 Å². The molecule has 48 heavy (non-hydrogen) atoms. The first-order chi connectivity index (χ1) is 23.0. The molecule has 6 N–H and O–H groups in total. The van der Waals surface area contributed by atoms with Gasteiger partial charge in [-0.15, -0.1) is 30.7 Å². The zero-order chi connectivity index (χ0) is 34.5. The molecule has 0 saturated heterocycles. The SMILES string of the molecule is CCCCc1nn(-c2ccc(-n3nc(CCCC)c(/N=N/c4c(C(=O)O)cnn4C)c3N)nn2)c(N)c1/N=N/c1c(C(=O)O)cnn1C. The first-order valence-electron chi connectivity index (χ1n) is 15.0. The van der Waals surface area contributed by atoms with Crippen molar-refractivity contribution in [3.63, 3.8) is 0 Å². The van der Waals surface area contributed by atoms with Crippen LogP contribution in [0.25, 0.3) is 11.6 Å². The van der Waals surface area contributed by atoms with E-state index in [1.165, 1.54) is 31.1 Å². The largest absolute Gasteiger partial charge is 0.477 e. The van der Waals surface area contributed by atoms with Crippen LogP contribution in [0.5, 0.6) is 0 Å². The third kappa shape index (κ3) is 6.48. The molecular formula is C28H34N16O4. The number of anilines is 2. The maximum Gasteiger partial charge on any atom is 0.341 e. The van der Waals surface area contributed by atoms with E-state index in [1.807, 2.05) is 13.8 Å². The summed E-state index contributed by atoms with van der Waals surface area (Å²) in [5.41, 5.74) is 14.4. The van der Waals surface area contributed by atoms with Crippen LogP contribution in [0.15, 0.2) is 45.0 Å². The molecule has 0 aliphatic carbocycles. The van der Waals surface area contributed by atoms with E-state index in [-0.39, 0.29) is 57.4 Å². The topological polar surface area (TPSA) is 273 Å². The van der Waals surface area contributed by atoms with Gasteiger partial charge < -0.3 is 21.7 Å². The minimum atomic E-state index is -1.19. The van der Waals surface area contributed by atoms with Crippen LogP contribution in [-0.4, -0.2) is 71.5 Å². The standard InChI is InChI=1S/C28H34N16O4/c1-5-7-9-17-21(35-37-25-15(27(45)46)13-31-41(25)3)23(29)43(39-17)19-11-12-20(34-33-19)44-24(30)22(18(40-44)10-8-6-2)36-38-26-16(28(47)48)14-32-42(26)4/h11-14H,5-10,29-30H2,1-4H3,(H,45,46)(H,47,48)/b37-35+,38-36+. The fourth-order valence-corrected chi connectivity index (χ4v) is 4.67. The third-order valence-electron chi connectivity index (χ3n) is 7.30. The molecule has 0 saturated carbocycles. The Hall–Kier alpha value is -6.34. The summed E-state index contributed by atoms with van der Waals surface area (Å²) in [6.07, 6.45) is 6.84. The van der Waals surface area contributed by atoms with Crippen LogP contribution in [0, 0.1) is 0 Å². The highest BCUT2D eigenvalue weighted by atomic mass is 16.4. The zero-order valence-electron chi connectivity index (χ0n) is 26.7. The second kappa shape index (κ2) is 14.0. The Labute approximate surface area is 272 Å². The lowest BCUT2D eigenvalue weighted by Gasteiger charge is -2.05. The van der Waals surface area contributed by atoms with Crippen molar-refractivity contribution in [3.8, 4) is 11.6 Å². The van der Waals surface area contributed by atoms with Crippen LogP contribution in [-0.2, 0) is 26.9 Å². The van der Waals surface area contributed by atoms with Gasteiger partial charge in [-0.3, -0.25) is 0 Å². The number of carboxylic acids is 2. The van der Waals surface area contributed by atoms with Crippen molar-refractivity contribution >= 4 is 46.6 Å². The molecule has 5 aromatic rings. The highest BCUT2D eigenvalue weighted by Crippen LogP contribution is 2.34. The van der Waals surface area contributed by atoms with E-state index in [1.54, 1.807) is 26.2 Å². The Morgan fingerprint density at radius 2 is 1.10 bits per heavy atom. The fourth-order valence-electron chi connectivity index (χ4n) is 4.67. The summed E-state index contributed by atoms with van der Waals surface area (Å²) < 4.78 is 5.36. The highest BCUT2D eigenvalue weighted by Gasteiger charge is 2.22. The molecule has 20 nitrogen and oxygen atoms in total. The average Bonchev–Trinajstić information content (AvgIpc) is 3.80. The summed E-state index contributed by atoms with van der Waals surface area (Å²) in [6, 6.07) is 3.26. The minimum Gasteiger partial charge on any atom is -0.477 e. The molecule has 5 heterocycles. The number of unbranched alkanes of at least 4 members (excludes halogenated alkanes) is 2. The van der Waals surface area contributed by atoms with Crippen molar-refractivity contribution in [1.29, 1.82) is 0 Å². The number of nitrogens with two attached hydrogens (primary N) is 2. The summed E-state index contributed by atoms with van der Waals surface area (Å²) in [6.45, 7) is 4.07. The maximum atomic E-state index is 11.6. The van der Waals surface area contributed by atoms with Gasteiger partial charge in [-0.2, -0.15) is 29.8 Å². The van der Waals surface area contributed by atoms with Gasteiger partial charge in [0.05, 0.1) is 23.8 Å². The predicted octanol–water partition coefficient (Wildman–Crippen LogP) is 4.39. The predicted molar refractivity (Wildman–Crippen MR) is 171 cm³/mol. The summed E-state index contributed by atoms with van der Waals surface area (Å²) in [7, 11) is 3.12. The monoisotopic (exact) mass is 658 g/mol. The molecule has 0 aromatic carbocycles. The van der Waals surface area contributed by atoms with Gasteiger partial charge in [0.15, 0.2) is 46.3 Å². The van der Waals surface area contributed by atoms with E-state index in [0.29, 0.717) is 24.2 Å². The molecule has 0 atom stereocenters. The molecule has 0 radical (unpaired) electrons. The molecular weight excluding hydrogens is 624 g/mol. The summed E-state index contributed by atoms with van der Waals surface area (Å²) in [5.74, 6) is -1.46. The molecule has 20 heteroatoms. The van der Waals surface area contributed by atoms with Gasteiger partial charge in [-0.05, 0) is 37.8 Å². The number of aryl methyl sites for hydroxylation is 4. The third-order valence-corrected chi connectivity index (χ3v) is 7.30. The number of carboxylic acid groups (broad SMARTS) is 2. The highest BCUT2D eigenvalue weighted by molar-refractivity contribution is 5.92. The summed E-state index contributed by atoms with van der Waals surface area (Å²) in [4.78, 5) is 23.2. The Morgan fingerprint density at radius 3 is 1.44 bits per heavy atom. The number of carbonyl (C=O) groups is 2. The minimum absolute atomic E-state index is 0.0527. The second-order valence-corrected chi connectivity index (χ2v) is 10.7. The van der Waals surface area contributed by atoms with E-state index in [2.05, 4.69) is 51.0 Å². The Kier molecular flexibility index (Phi) is 9.62. The first-order valence-corrected chi connectivity index (χ1v) is 15.0. The van der Waals surface area contributed by atoms with Gasteiger partial charge in [0.25, 0.3) is 0 Å². The molecule has 5 aromatic heterocycles. The Bertz CT molecular complexity index is 1870. The van der Waals surface area contributed by atoms with Gasteiger partial charge in [0.2, 0.25) is 0 Å². The number of rotatable bonds is 14. The molecule has 0 amide bonds. The molecule has 0 fully saturated rings. The number of nitrogens with zero attached hydrogens (tertiary/aromatic N) is 14. The Balaban J connectivity index is 1.49. The van der Waals surface area contributed by atoms with Crippen molar-refractivity contribution in [2.24, 2.45) is 34.6 Å². The normalized spacial score (nSPS) is 11.8. The van der Waals surface area contributed by atoms with Gasteiger partial charge in [-0.25, -0.2) is 19.0 Å². The number of hydrogen-bond donors (Lipinski definition) is 4. The zero-order valence-corrected chi connectivity index (χ0v) is 26.7. The van der Waals surface area contributed by atoms with Gasteiger partial charge in [0, 0.05) is 14.1 Å². The molecule has 5 rings (SSSR count). The number of hydrogen-bond acceptors (Lipinski definition) is 14. The smallest absolute Gasteiger partial charge is 0.341 e. The lowest BCUT2D eigenvalue weighted by molar-refractivity contribution is 0.0686. The van der Waals surface area contributed by atoms with E-state index in [0.717, 1.165) is 25.7 Å². The van der Waals surface area contributed by atoms with Crippen LogP contribution >= 0.6 is 0 Å². The van der Waals surface area contributed by atoms with Crippen molar-refractivity contribution in [1.82, 2.24) is 49.3 Å². The lowest BCUT2D eigenvalue weighted by Crippen LogP contribution is -2.09. The van der Waals surface area contributed by atoms with Crippen LogP contribution < -0.4 is 11.5 Å². The summed E-state index contributed by atoms with van der Waals surface area (Å²) in [5, 5.41) is 61.6. The van der Waals surface area contributed by atoms with Crippen molar-refractivity contribution in [3.05, 3.63) is 47.0 Å². The Morgan fingerprint density at radius 1 is 0.708 bits per heavy atom. The number of azo groups is 2. The van der Waals surface area contributed by atoms with Crippen molar-refractivity contribution in [2.45, 2.75) is 52.4 Å². The van der Waals surface area contributed by atoms with Crippen LogP contribution in [0.2, 0.25) is 0 Å². The summed E-state index contributed by atoms with van der Waals surface area (Å²) >= 11 is 0. The van der Waals surface area contributed by atoms with Gasteiger partial charge >= 0.3 is 11.9 Å². The molecule has 0 bridgehead atoms. The van der Waals surface area contributed by atoms with Crippen molar-refractivity contribution in [2.75, 3.05) is 11.5 Å². The van der Waals surface area contributed by atoms with Gasteiger partial charge in [-0.1, -0.05) is 26.7 Å². The van der Waals surface area contributed by atoms with Crippen LogP contribution in [0.4, 0.5) is 34.6 Å². The van der Waals surface area contributed by atoms with Crippen LogP contribution in [0.3, 0.4) is 0 Å². The lowest BCUT2D eigenvalue weighted by atomic mass is 10.2. The molecule has 0 aliphatic rings. The average molecular weight is 659 g/mol. The van der Waals surface area contributed by atoms with E-state index >= 15 is 0 Å². The quantitative estimate of drug-likeness (QED) is 0.121. The molecule has 0 aliphatic heterocycles. The fraction of sp³-hybridized carbons (Fsp3) is 0.357. The molecule has 250 valence electrons. The number of aromatic carboxylic acids is 2. The van der Waals surface area contributed by atoms with Crippen LogP contribution in [0.1, 0.15) is 71.6 Å². The molecule has 0 unspecified atom stereocenters. The van der Waals surface area contributed by atoms with Gasteiger partial charge in [0.1, 0.15) is 11.1 Å².